The Bertz CT molecular complexity index is 1050. The van der Waals surface area contributed by atoms with E-state index in [-0.39, 0.29) is 28.8 Å². The van der Waals surface area contributed by atoms with Crippen LogP contribution in [-0.4, -0.2) is 46.6 Å². The maximum Gasteiger partial charge on any atom is 0.335 e. The fraction of sp³-hybridized carbons (Fsp3) is 0.793. The zero-order valence-corrected chi connectivity index (χ0v) is 21.6. The average Bonchev–Trinajstić information content (AvgIpc) is 3.20. The minimum absolute atomic E-state index is 0.0285. The van der Waals surface area contributed by atoms with Gasteiger partial charge in [-0.25, -0.2) is 4.79 Å². The SMILES string of the molecule is C[C@]12CC[C@H](O)C[C@H]1CC[C@@H]1[C@@H]2CC[C@]2(C)[C@@H](c3ccc(=O)oc3)C[C@H]3O[C@]132.O=C(O)C1CCCN1. The minimum Gasteiger partial charge on any atom is -0.480 e. The van der Waals surface area contributed by atoms with Crippen LogP contribution in [0.5, 0.6) is 0 Å². The van der Waals surface area contributed by atoms with Gasteiger partial charge in [-0.1, -0.05) is 13.8 Å². The summed E-state index contributed by atoms with van der Waals surface area (Å²) < 4.78 is 11.8. The third kappa shape index (κ3) is 3.56. The number of aliphatic hydroxyl groups excluding tert-OH is 1. The zero-order valence-electron chi connectivity index (χ0n) is 21.6. The van der Waals surface area contributed by atoms with Crippen molar-refractivity contribution in [2.24, 2.45) is 28.6 Å². The van der Waals surface area contributed by atoms with E-state index in [0.717, 1.165) is 44.6 Å². The van der Waals surface area contributed by atoms with E-state index in [2.05, 4.69) is 19.2 Å². The van der Waals surface area contributed by atoms with Crippen LogP contribution in [0.2, 0.25) is 0 Å². The van der Waals surface area contributed by atoms with Gasteiger partial charge >= 0.3 is 11.6 Å². The molecule has 4 saturated carbocycles. The Labute approximate surface area is 213 Å². The molecule has 10 atom stereocenters. The number of carbonyl (C=O) groups is 1. The van der Waals surface area contributed by atoms with Crippen molar-refractivity contribution in [2.75, 3.05) is 6.54 Å². The molecule has 1 aromatic heterocycles. The lowest BCUT2D eigenvalue weighted by Crippen LogP contribution is -2.58. The molecular weight excluding hydrogens is 458 g/mol. The highest BCUT2D eigenvalue weighted by atomic mass is 16.6. The highest BCUT2D eigenvalue weighted by molar-refractivity contribution is 5.73. The van der Waals surface area contributed by atoms with Crippen molar-refractivity contribution in [2.45, 2.75) is 108 Å². The predicted octanol–water partition coefficient (Wildman–Crippen LogP) is 4.08. The summed E-state index contributed by atoms with van der Waals surface area (Å²) in [4.78, 5) is 21.6. The quantitative estimate of drug-likeness (QED) is 0.526. The average molecular weight is 500 g/mol. The number of aliphatic hydroxyl groups is 1. The minimum atomic E-state index is -0.720. The van der Waals surface area contributed by atoms with Crippen LogP contribution in [0, 0.1) is 28.6 Å². The van der Waals surface area contributed by atoms with Crippen molar-refractivity contribution in [3.63, 3.8) is 0 Å². The van der Waals surface area contributed by atoms with Crippen LogP contribution in [0.3, 0.4) is 0 Å². The fourth-order valence-corrected chi connectivity index (χ4v) is 9.63. The number of rotatable bonds is 2. The van der Waals surface area contributed by atoms with Gasteiger partial charge in [-0.15, -0.1) is 0 Å². The highest BCUT2D eigenvalue weighted by Crippen LogP contribution is 2.77. The van der Waals surface area contributed by atoms with Crippen molar-refractivity contribution >= 4 is 5.97 Å². The topological polar surface area (TPSA) is 112 Å². The molecule has 7 heteroatoms. The van der Waals surface area contributed by atoms with Gasteiger partial charge in [-0.3, -0.25) is 4.79 Å². The number of hydrogen-bond donors (Lipinski definition) is 3. The van der Waals surface area contributed by atoms with E-state index in [4.69, 9.17) is 14.3 Å². The first-order valence-corrected chi connectivity index (χ1v) is 14.1. The van der Waals surface area contributed by atoms with Crippen molar-refractivity contribution in [3.05, 3.63) is 34.4 Å². The Hall–Kier alpha value is -1.70. The second-order valence-corrected chi connectivity index (χ2v) is 12.9. The standard InChI is InChI=1S/C24H32O4.C5H9NO2/c1-22-9-7-16(25)11-15(22)4-5-18-17(22)8-10-23(2)19(12-20-24(18,23)28-20)14-3-6-21(26)27-13-14;7-5(8)4-2-1-3-6-4/h3,6,13,15-20,25H,4-5,7-12H2,1-2H3;4,6H,1-3H2,(H,7,8)/t15-,16+,17+,18-,19-,20-,22+,23-,24-;/m1./s1. The molecule has 0 bridgehead atoms. The molecule has 2 saturated heterocycles. The number of hydrogen-bond acceptors (Lipinski definition) is 6. The number of fused-ring (bicyclic) bond motifs is 3. The number of aliphatic carboxylic acids is 1. The lowest BCUT2D eigenvalue weighted by molar-refractivity contribution is -0.139. The molecule has 1 spiro atoms. The summed E-state index contributed by atoms with van der Waals surface area (Å²) in [7, 11) is 0. The maximum absolute atomic E-state index is 11.4. The monoisotopic (exact) mass is 499 g/mol. The molecule has 6 fully saturated rings. The van der Waals surface area contributed by atoms with Crippen LogP contribution in [-0.2, 0) is 9.53 Å². The first kappa shape index (κ1) is 24.6. The van der Waals surface area contributed by atoms with E-state index in [0.29, 0.717) is 29.3 Å². The van der Waals surface area contributed by atoms with Crippen molar-refractivity contribution in [3.8, 4) is 0 Å². The van der Waals surface area contributed by atoms with Gasteiger partial charge in [0, 0.05) is 11.5 Å². The lowest BCUT2D eigenvalue weighted by Gasteiger charge is -2.61. The fourth-order valence-electron chi connectivity index (χ4n) is 9.63. The van der Waals surface area contributed by atoms with Crippen molar-refractivity contribution in [1.82, 2.24) is 5.32 Å². The molecule has 0 aromatic carbocycles. The first-order chi connectivity index (χ1) is 17.2. The summed E-state index contributed by atoms with van der Waals surface area (Å²) in [5.74, 6) is 1.76. The second kappa shape index (κ2) is 8.67. The lowest BCUT2D eigenvalue weighted by atomic mass is 9.44. The first-order valence-electron chi connectivity index (χ1n) is 14.1. The van der Waals surface area contributed by atoms with Gasteiger partial charge in [-0.2, -0.15) is 0 Å². The molecule has 2 aliphatic heterocycles. The van der Waals surface area contributed by atoms with Gasteiger partial charge in [0.2, 0.25) is 0 Å². The molecule has 0 radical (unpaired) electrons. The number of ether oxygens (including phenoxy) is 1. The van der Waals surface area contributed by atoms with Gasteiger partial charge in [0.05, 0.1) is 18.5 Å². The van der Waals surface area contributed by atoms with Gasteiger partial charge in [0.25, 0.3) is 0 Å². The van der Waals surface area contributed by atoms with Gasteiger partial charge in [0.15, 0.2) is 0 Å². The smallest absolute Gasteiger partial charge is 0.335 e. The molecule has 3 N–H and O–H groups in total. The molecule has 1 unspecified atom stereocenters. The Morgan fingerprint density at radius 1 is 1.06 bits per heavy atom. The molecule has 4 aliphatic carbocycles. The molecule has 7 rings (SSSR count). The van der Waals surface area contributed by atoms with Crippen LogP contribution in [0.4, 0.5) is 0 Å². The van der Waals surface area contributed by atoms with Gasteiger partial charge in [0.1, 0.15) is 11.6 Å². The van der Waals surface area contributed by atoms with Crippen LogP contribution >= 0.6 is 0 Å². The van der Waals surface area contributed by atoms with E-state index in [1.54, 1.807) is 12.3 Å². The summed E-state index contributed by atoms with van der Waals surface area (Å²) in [5.41, 5.74) is 1.44. The summed E-state index contributed by atoms with van der Waals surface area (Å²) in [6, 6.07) is 3.28. The number of nitrogens with one attached hydrogen (secondary N) is 1. The Kier molecular flexibility index (Phi) is 5.93. The van der Waals surface area contributed by atoms with Gasteiger partial charge < -0.3 is 24.7 Å². The normalized spacial score (nSPS) is 48.5. The molecule has 7 nitrogen and oxygen atoms in total. The number of carboxylic acid groups (broad SMARTS) is 1. The summed E-state index contributed by atoms with van der Waals surface area (Å²) in [5, 5.41) is 21.4. The third-order valence-electron chi connectivity index (χ3n) is 11.5. The van der Waals surface area contributed by atoms with E-state index >= 15 is 0 Å². The summed E-state index contributed by atoms with van der Waals surface area (Å²) >= 11 is 0. The molecule has 36 heavy (non-hydrogen) atoms. The van der Waals surface area contributed by atoms with Crippen LogP contribution in [0.15, 0.2) is 27.6 Å². The Balaban J connectivity index is 0.000000258. The van der Waals surface area contributed by atoms with Crippen LogP contribution < -0.4 is 10.9 Å². The zero-order chi connectivity index (χ0) is 25.3. The van der Waals surface area contributed by atoms with E-state index in [1.165, 1.54) is 37.7 Å². The Morgan fingerprint density at radius 2 is 1.89 bits per heavy atom. The largest absolute Gasteiger partial charge is 0.480 e. The maximum atomic E-state index is 11.4. The number of carboxylic acids is 1. The Morgan fingerprint density at radius 3 is 2.56 bits per heavy atom. The second-order valence-electron chi connectivity index (χ2n) is 12.9. The molecule has 3 heterocycles. The van der Waals surface area contributed by atoms with E-state index in [1.807, 2.05) is 6.07 Å². The molecule has 198 valence electrons. The number of epoxide rings is 1. The highest BCUT2D eigenvalue weighted by Gasteiger charge is 2.80. The molecule has 1 aromatic rings. The summed E-state index contributed by atoms with van der Waals surface area (Å²) in [6.07, 6.45) is 12.9. The molecule has 0 amide bonds. The van der Waals surface area contributed by atoms with E-state index < -0.39 is 5.97 Å². The third-order valence-corrected chi connectivity index (χ3v) is 11.5. The molecular formula is C29H41NO6. The van der Waals surface area contributed by atoms with Crippen LogP contribution in [0.1, 0.15) is 89.5 Å². The molecule has 6 aliphatic rings. The van der Waals surface area contributed by atoms with Gasteiger partial charge in [-0.05, 0) is 111 Å². The summed E-state index contributed by atoms with van der Waals surface area (Å²) in [6.45, 7) is 5.83. The van der Waals surface area contributed by atoms with Crippen molar-refractivity contribution in [1.29, 1.82) is 0 Å². The predicted molar refractivity (Wildman–Crippen MR) is 134 cm³/mol. The van der Waals surface area contributed by atoms with Crippen molar-refractivity contribution < 1.29 is 24.2 Å². The van der Waals surface area contributed by atoms with E-state index in [9.17, 15) is 14.7 Å². The van der Waals surface area contributed by atoms with Crippen LogP contribution in [0.25, 0.3) is 0 Å².